The summed E-state index contributed by atoms with van der Waals surface area (Å²) in [4.78, 5) is 24.3. The largest absolute Gasteiger partial charge is 0.455 e. The molecule has 0 saturated heterocycles. The first kappa shape index (κ1) is 20.7. The van der Waals surface area contributed by atoms with E-state index in [4.69, 9.17) is 9.47 Å². The molecule has 0 aliphatic rings. The molecule has 2 N–H and O–H groups in total. The average molecular weight is 414 g/mol. The Morgan fingerprint density at radius 3 is 2.72 bits per heavy atom. The van der Waals surface area contributed by atoms with Crippen molar-refractivity contribution < 1.29 is 14.3 Å². The number of aromatic amines is 1. The van der Waals surface area contributed by atoms with E-state index in [1.165, 1.54) is 16.3 Å². The van der Waals surface area contributed by atoms with Crippen LogP contribution in [0.1, 0.15) is 6.42 Å². The molecular formula is C20H22N4O4S. The van der Waals surface area contributed by atoms with Gasteiger partial charge < -0.3 is 14.8 Å². The van der Waals surface area contributed by atoms with Crippen LogP contribution in [-0.4, -0.2) is 40.1 Å². The molecule has 0 radical (unpaired) electrons. The monoisotopic (exact) mass is 414 g/mol. The number of rotatable bonds is 10. The van der Waals surface area contributed by atoms with E-state index in [0.717, 1.165) is 0 Å². The second kappa shape index (κ2) is 10.5. The van der Waals surface area contributed by atoms with E-state index < -0.39 is 0 Å². The Hall–Kier alpha value is -3.04. The van der Waals surface area contributed by atoms with Gasteiger partial charge in [-0.3, -0.25) is 9.36 Å². The lowest BCUT2D eigenvalue weighted by Crippen LogP contribution is -2.19. The van der Waals surface area contributed by atoms with E-state index >= 15 is 0 Å². The van der Waals surface area contributed by atoms with Crippen LogP contribution < -0.4 is 15.7 Å². The van der Waals surface area contributed by atoms with Crippen LogP contribution in [0.2, 0.25) is 0 Å². The normalized spacial score (nSPS) is 10.7. The molecular weight excluding hydrogens is 392 g/mol. The number of aromatic nitrogens is 3. The molecule has 0 unspecified atom stereocenters. The Bertz CT molecular complexity index is 987. The molecule has 2 aromatic carbocycles. The van der Waals surface area contributed by atoms with E-state index in [1.807, 2.05) is 42.5 Å². The van der Waals surface area contributed by atoms with E-state index in [0.29, 0.717) is 41.9 Å². The predicted molar refractivity (Wildman–Crippen MR) is 112 cm³/mol. The zero-order chi connectivity index (χ0) is 20.5. The zero-order valence-corrected chi connectivity index (χ0v) is 16.8. The van der Waals surface area contributed by atoms with Crippen LogP contribution in [0.15, 0.2) is 64.5 Å². The summed E-state index contributed by atoms with van der Waals surface area (Å²) >= 11 is 1.19. The summed E-state index contributed by atoms with van der Waals surface area (Å²) in [6.07, 6.45) is 0.680. The Kier molecular flexibility index (Phi) is 7.48. The highest BCUT2D eigenvalue weighted by atomic mass is 32.2. The Morgan fingerprint density at radius 2 is 1.93 bits per heavy atom. The van der Waals surface area contributed by atoms with Crippen LogP contribution in [-0.2, 0) is 16.1 Å². The van der Waals surface area contributed by atoms with Crippen molar-refractivity contribution >= 4 is 23.4 Å². The van der Waals surface area contributed by atoms with Crippen molar-refractivity contribution in [3.63, 3.8) is 0 Å². The molecule has 0 spiro atoms. The molecule has 1 aromatic heterocycles. The number of methoxy groups -OCH3 is 1. The van der Waals surface area contributed by atoms with Crippen molar-refractivity contribution in [2.75, 3.05) is 24.8 Å². The first-order valence-electron chi connectivity index (χ1n) is 9.06. The summed E-state index contributed by atoms with van der Waals surface area (Å²) < 4.78 is 12.4. The van der Waals surface area contributed by atoms with Crippen molar-refractivity contribution in [3.8, 4) is 11.5 Å². The summed E-state index contributed by atoms with van der Waals surface area (Å²) in [7, 11) is 1.61. The molecule has 0 aliphatic heterocycles. The summed E-state index contributed by atoms with van der Waals surface area (Å²) in [6, 6.07) is 16.6. The number of carbonyl (C=O) groups excluding carboxylic acids is 1. The van der Waals surface area contributed by atoms with Crippen molar-refractivity contribution in [1.29, 1.82) is 0 Å². The van der Waals surface area contributed by atoms with Crippen molar-refractivity contribution in [2.45, 2.75) is 18.1 Å². The fraction of sp³-hybridized carbons (Fsp3) is 0.250. The average Bonchev–Trinajstić information content (AvgIpc) is 3.08. The number of nitrogens with zero attached hydrogens (tertiary/aromatic N) is 2. The van der Waals surface area contributed by atoms with Crippen LogP contribution in [0.25, 0.3) is 0 Å². The van der Waals surface area contributed by atoms with Crippen LogP contribution in [0, 0.1) is 0 Å². The van der Waals surface area contributed by atoms with Crippen LogP contribution >= 0.6 is 11.8 Å². The van der Waals surface area contributed by atoms with Crippen LogP contribution in [0.4, 0.5) is 5.69 Å². The number of carbonyl (C=O) groups is 1. The van der Waals surface area contributed by atoms with E-state index in [-0.39, 0.29) is 17.3 Å². The molecule has 9 heteroatoms. The fourth-order valence-corrected chi connectivity index (χ4v) is 3.34. The number of ether oxygens (including phenoxy) is 2. The summed E-state index contributed by atoms with van der Waals surface area (Å²) in [6.45, 7) is 1.02. The van der Waals surface area contributed by atoms with Gasteiger partial charge in [-0.05, 0) is 30.7 Å². The highest BCUT2D eigenvalue weighted by Gasteiger charge is 2.13. The maximum absolute atomic E-state index is 12.4. The minimum atomic E-state index is -0.300. The number of H-pyrrole nitrogens is 1. The van der Waals surface area contributed by atoms with Gasteiger partial charge in [0.15, 0.2) is 10.9 Å². The number of thioether (sulfide) groups is 1. The third-order valence-electron chi connectivity index (χ3n) is 3.92. The van der Waals surface area contributed by atoms with Gasteiger partial charge >= 0.3 is 5.69 Å². The number of hydrogen-bond acceptors (Lipinski definition) is 6. The molecule has 0 aliphatic carbocycles. The van der Waals surface area contributed by atoms with E-state index in [2.05, 4.69) is 15.5 Å². The van der Waals surface area contributed by atoms with Crippen molar-refractivity contribution in [1.82, 2.24) is 14.8 Å². The first-order chi connectivity index (χ1) is 14.2. The quantitative estimate of drug-likeness (QED) is 0.391. The number of benzene rings is 2. The lowest BCUT2D eigenvalue weighted by atomic mass is 10.3. The van der Waals surface area contributed by atoms with Gasteiger partial charge in [-0.1, -0.05) is 42.1 Å². The third-order valence-corrected chi connectivity index (χ3v) is 4.89. The smallest absolute Gasteiger partial charge is 0.343 e. The number of anilines is 1. The zero-order valence-electron chi connectivity index (χ0n) is 16.0. The molecule has 29 heavy (non-hydrogen) atoms. The molecule has 0 fully saturated rings. The molecule has 8 nitrogen and oxygen atoms in total. The standard InChI is InChI=1S/C20H22N4O4S/c1-27-13-7-12-24-19(26)22-23-20(24)29-14-18(25)21-16-10-5-6-11-17(16)28-15-8-3-2-4-9-15/h2-6,8-11H,7,12-14H2,1H3,(H,21,25)(H,22,26). The lowest BCUT2D eigenvalue weighted by molar-refractivity contribution is -0.113. The highest BCUT2D eigenvalue weighted by Crippen LogP contribution is 2.29. The minimum absolute atomic E-state index is 0.105. The maximum Gasteiger partial charge on any atom is 0.343 e. The number of nitrogens with one attached hydrogen (secondary N) is 2. The third kappa shape index (κ3) is 5.97. The fourth-order valence-electron chi connectivity index (χ4n) is 2.57. The number of amides is 1. The second-order valence-corrected chi connectivity index (χ2v) is 7.00. The molecule has 3 aromatic rings. The molecule has 3 rings (SSSR count). The van der Waals surface area contributed by atoms with Gasteiger partial charge in [0.2, 0.25) is 5.91 Å². The second-order valence-electron chi connectivity index (χ2n) is 6.06. The summed E-state index contributed by atoms with van der Waals surface area (Å²) in [5.74, 6) is 1.11. The first-order valence-corrected chi connectivity index (χ1v) is 10.0. The predicted octanol–water partition coefficient (Wildman–Crippen LogP) is 3.13. The number of hydrogen-bond donors (Lipinski definition) is 2. The van der Waals surface area contributed by atoms with Gasteiger partial charge in [0, 0.05) is 20.3 Å². The Balaban J connectivity index is 1.60. The summed E-state index contributed by atoms with van der Waals surface area (Å²) in [5.41, 5.74) is 0.270. The van der Waals surface area contributed by atoms with Crippen molar-refractivity contribution in [3.05, 3.63) is 65.1 Å². The molecule has 0 atom stereocenters. The summed E-state index contributed by atoms with van der Waals surface area (Å²) in [5, 5.41) is 9.72. The highest BCUT2D eigenvalue weighted by molar-refractivity contribution is 7.99. The van der Waals surface area contributed by atoms with Crippen molar-refractivity contribution in [2.24, 2.45) is 0 Å². The molecule has 1 heterocycles. The molecule has 0 bridgehead atoms. The van der Waals surface area contributed by atoms with Gasteiger partial charge in [-0.25, -0.2) is 9.89 Å². The topological polar surface area (TPSA) is 98.2 Å². The van der Waals surface area contributed by atoms with Gasteiger partial charge in [-0.15, -0.1) is 5.10 Å². The Labute approximate surface area is 172 Å². The Morgan fingerprint density at radius 1 is 1.17 bits per heavy atom. The van der Waals surface area contributed by atoms with Crippen LogP contribution in [0.3, 0.4) is 0 Å². The lowest BCUT2D eigenvalue weighted by Gasteiger charge is -2.12. The van der Waals surface area contributed by atoms with Gasteiger partial charge in [0.1, 0.15) is 5.75 Å². The van der Waals surface area contributed by atoms with Gasteiger partial charge in [0.05, 0.1) is 11.4 Å². The van der Waals surface area contributed by atoms with Crippen LogP contribution in [0.5, 0.6) is 11.5 Å². The number of para-hydroxylation sites is 3. The van der Waals surface area contributed by atoms with E-state index in [9.17, 15) is 9.59 Å². The SMILES string of the molecule is COCCCn1c(SCC(=O)Nc2ccccc2Oc2ccccc2)n[nH]c1=O. The maximum atomic E-state index is 12.4. The molecule has 152 valence electrons. The van der Waals surface area contributed by atoms with E-state index in [1.54, 1.807) is 19.2 Å². The van der Waals surface area contributed by atoms with Gasteiger partial charge in [-0.2, -0.15) is 0 Å². The minimum Gasteiger partial charge on any atom is -0.455 e. The van der Waals surface area contributed by atoms with Gasteiger partial charge in [0.25, 0.3) is 0 Å². The molecule has 0 saturated carbocycles. The molecule has 1 amide bonds.